The number of aliphatic carboxylic acids is 1. The zero-order valence-electron chi connectivity index (χ0n) is 12.2. The maximum atomic E-state index is 12.3. The van der Waals surface area contributed by atoms with Gasteiger partial charge in [0, 0.05) is 19.6 Å². The van der Waals surface area contributed by atoms with Crippen LogP contribution in [0.25, 0.3) is 0 Å². The minimum atomic E-state index is -3.54. The molecule has 0 aliphatic carbocycles. The van der Waals surface area contributed by atoms with Crippen molar-refractivity contribution in [3.8, 4) is 0 Å². The first-order valence-electron chi connectivity index (χ1n) is 6.68. The van der Waals surface area contributed by atoms with E-state index in [1.165, 1.54) is 16.4 Å². The van der Waals surface area contributed by atoms with E-state index >= 15 is 0 Å². The van der Waals surface area contributed by atoms with Gasteiger partial charge in [0.1, 0.15) is 0 Å². The number of carboxylic acid groups (broad SMARTS) is 1. The minimum absolute atomic E-state index is 0.0427. The molecular formula is C13H21N3O4S. The Morgan fingerprint density at radius 3 is 2.43 bits per heavy atom. The molecule has 118 valence electrons. The highest BCUT2D eigenvalue weighted by atomic mass is 32.2. The lowest BCUT2D eigenvalue weighted by atomic mass is 10.2. The smallest absolute Gasteiger partial charge is 0.305 e. The first-order valence-corrected chi connectivity index (χ1v) is 8.12. The van der Waals surface area contributed by atoms with Crippen molar-refractivity contribution in [2.24, 2.45) is 0 Å². The third-order valence-corrected chi connectivity index (χ3v) is 5.07. The van der Waals surface area contributed by atoms with E-state index in [9.17, 15) is 13.2 Å². The summed E-state index contributed by atoms with van der Waals surface area (Å²) in [6.07, 6.45) is -0.0427. The van der Waals surface area contributed by atoms with Crippen molar-refractivity contribution in [1.82, 2.24) is 4.31 Å². The topological polar surface area (TPSA) is 113 Å². The summed E-state index contributed by atoms with van der Waals surface area (Å²) in [6, 6.07) is 4.40. The third kappa shape index (κ3) is 4.33. The molecule has 7 nitrogen and oxygen atoms in total. The molecule has 0 radical (unpaired) electrons. The van der Waals surface area contributed by atoms with Gasteiger partial charge in [-0.15, -0.1) is 0 Å². The highest BCUT2D eigenvalue weighted by Gasteiger charge is 2.22. The van der Waals surface area contributed by atoms with Crippen LogP contribution in [-0.2, 0) is 14.8 Å². The van der Waals surface area contributed by atoms with Crippen LogP contribution in [0.5, 0.6) is 0 Å². The molecule has 0 fully saturated rings. The molecule has 0 aliphatic heterocycles. The first-order chi connectivity index (χ1) is 9.82. The number of benzene rings is 1. The van der Waals surface area contributed by atoms with Crippen molar-refractivity contribution in [1.29, 1.82) is 0 Å². The summed E-state index contributed by atoms with van der Waals surface area (Å²) in [5, 5.41) is 11.4. The number of carboxylic acids is 1. The number of hydrogen-bond acceptors (Lipinski definition) is 5. The Balaban J connectivity index is 2.94. The van der Waals surface area contributed by atoms with Gasteiger partial charge in [0.25, 0.3) is 0 Å². The maximum Gasteiger partial charge on any atom is 0.305 e. The van der Waals surface area contributed by atoms with E-state index < -0.39 is 16.0 Å². The average Bonchev–Trinajstić information content (AvgIpc) is 2.41. The van der Waals surface area contributed by atoms with Crippen molar-refractivity contribution in [3.63, 3.8) is 0 Å². The van der Waals surface area contributed by atoms with Crippen LogP contribution in [0.15, 0.2) is 23.1 Å². The standard InChI is InChI=1S/C13H21N3O4S/c1-3-16(4-2)21(19,20)10-5-6-12(11(14)9-10)15-8-7-13(17)18/h5-6,9,15H,3-4,7-8,14H2,1-2H3,(H,17,18). The summed E-state index contributed by atoms with van der Waals surface area (Å²) in [5.74, 6) is -0.915. The van der Waals surface area contributed by atoms with Gasteiger partial charge in [0.2, 0.25) is 10.0 Å². The quantitative estimate of drug-likeness (QED) is 0.621. The van der Waals surface area contributed by atoms with Crippen molar-refractivity contribution < 1.29 is 18.3 Å². The number of hydrogen-bond donors (Lipinski definition) is 3. The van der Waals surface area contributed by atoms with Crippen molar-refractivity contribution >= 4 is 27.4 Å². The molecule has 0 spiro atoms. The van der Waals surface area contributed by atoms with Gasteiger partial charge in [0.05, 0.1) is 22.7 Å². The average molecular weight is 315 g/mol. The van der Waals surface area contributed by atoms with Crippen LogP contribution in [-0.4, -0.2) is 43.4 Å². The Labute approximate surface area is 124 Å². The van der Waals surface area contributed by atoms with Crippen LogP contribution in [0, 0.1) is 0 Å². The number of nitrogen functional groups attached to an aromatic ring is 1. The van der Waals surface area contributed by atoms with E-state index in [-0.39, 0.29) is 23.5 Å². The molecule has 0 saturated carbocycles. The normalized spacial score (nSPS) is 11.6. The molecular weight excluding hydrogens is 294 g/mol. The Kier molecular flexibility index (Phi) is 5.98. The predicted molar refractivity (Wildman–Crippen MR) is 81.7 cm³/mol. The predicted octanol–water partition coefficient (Wildman–Crippen LogP) is 1.19. The molecule has 1 aromatic rings. The van der Waals surface area contributed by atoms with E-state index in [0.717, 1.165) is 0 Å². The number of nitrogens with zero attached hydrogens (tertiary/aromatic N) is 1. The first kappa shape index (κ1) is 17.3. The lowest BCUT2D eigenvalue weighted by Crippen LogP contribution is -2.30. The summed E-state index contributed by atoms with van der Waals surface area (Å²) in [6.45, 7) is 4.54. The van der Waals surface area contributed by atoms with Gasteiger partial charge in [-0.25, -0.2) is 8.42 Å². The number of carbonyl (C=O) groups is 1. The second-order valence-corrected chi connectivity index (χ2v) is 6.35. The highest BCUT2D eigenvalue weighted by molar-refractivity contribution is 7.89. The summed E-state index contributed by atoms with van der Waals surface area (Å²) in [4.78, 5) is 10.6. The Bertz CT molecular complexity index is 597. The van der Waals surface area contributed by atoms with E-state index in [2.05, 4.69) is 5.32 Å². The van der Waals surface area contributed by atoms with Crippen LogP contribution in [0.1, 0.15) is 20.3 Å². The lowest BCUT2D eigenvalue weighted by Gasteiger charge is -2.19. The largest absolute Gasteiger partial charge is 0.481 e. The van der Waals surface area contributed by atoms with Crippen LogP contribution < -0.4 is 11.1 Å². The summed E-state index contributed by atoms with van der Waals surface area (Å²) >= 11 is 0. The van der Waals surface area contributed by atoms with Crippen LogP contribution in [0.2, 0.25) is 0 Å². The van der Waals surface area contributed by atoms with Crippen molar-refractivity contribution in [3.05, 3.63) is 18.2 Å². The molecule has 21 heavy (non-hydrogen) atoms. The fourth-order valence-corrected chi connectivity index (χ4v) is 3.37. The van der Waals surface area contributed by atoms with Gasteiger partial charge in [-0.05, 0) is 18.2 Å². The molecule has 0 amide bonds. The molecule has 1 rings (SSSR count). The fraction of sp³-hybridized carbons (Fsp3) is 0.462. The number of sulfonamides is 1. The number of rotatable bonds is 8. The molecule has 0 aliphatic rings. The monoisotopic (exact) mass is 315 g/mol. The number of nitrogens with one attached hydrogen (secondary N) is 1. The van der Waals surface area contributed by atoms with Crippen LogP contribution >= 0.6 is 0 Å². The highest BCUT2D eigenvalue weighted by Crippen LogP contribution is 2.24. The molecule has 0 atom stereocenters. The second kappa shape index (κ2) is 7.28. The van der Waals surface area contributed by atoms with Crippen molar-refractivity contribution in [2.45, 2.75) is 25.2 Å². The molecule has 0 heterocycles. The lowest BCUT2D eigenvalue weighted by molar-refractivity contribution is -0.136. The second-order valence-electron chi connectivity index (χ2n) is 4.41. The molecule has 4 N–H and O–H groups in total. The molecule has 0 bridgehead atoms. The molecule has 1 aromatic carbocycles. The van der Waals surface area contributed by atoms with E-state index in [1.54, 1.807) is 19.9 Å². The van der Waals surface area contributed by atoms with E-state index in [1.807, 2.05) is 0 Å². The fourth-order valence-electron chi connectivity index (χ4n) is 1.88. The summed E-state index contributed by atoms with van der Waals surface area (Å²) in [7, 11) is -3.54. The minimum Gasteiger partial charge on any atom is -0.481 e. The molecule has 8 heteroatoms. The zero-order chi connectivity index (χ0) is 16.0. The van der Waals surface area contributed by atoms with Gasteiger partial charge >= 0.3 is 5.97 Å². The SMILES string of the molecule is CCN(CC)S(=O)(=O)c1ccc(NCCC(=O)O)c(N)c1. The van der Waals surface area contributed by atoms with Crippen molar-refractivity contribution in [2.75, 3.05) is 30.7 Å². The molecule has 0 saturated heterocycles. The Morgan fingerprint density at radius 1 is 1.33 bits per heavy atom. The van der Waals surface area contributed by atoms with E-state index in [4.69, 9.17) is 10.8 Å². The summed E-state index contributed by atoms with van der Waals surface area (Å²) in [5.41, 5.74) is 6.62. The maximum absolute atomic E-state index is 12.3. The zero-order valence-corrected chi connectivity index (χ0v) is 13.0. The van der Waals surface area contributed by atoms with Gasteiger partial charge in [-0.2, -0.15) is 4.31 Å². The van der Waals surface area contributed by atoms with E-state index in [0.29, 0.717) is 18.8 Å². The summed E-state index contributed by atoms with van der Waals surface area (Å²) < 4.78 is 26.0. The number of anilines is 2. The third-order valence-electron chi connectivity index (χ3n) is 3.02. The Hall–Kier alpha value is -1.80. The van der Waals surface area contributed by atoms with Gasteiger partial charge < -0.3 is 16.2 Å². The van der Waals surface area contributed by atoms with Gasteiger partial charge in [-0.3, -0.25) is 4.79 Å². The van der Waals surface area contributed by atoms with Gasteiger partial charge in [-0.1, -0.05) is 13.8 Å². The van der Waals surface area contributed by atoms with Gasteiger partial charge in [0.15, 0.2) is 0 Å². The van der Waals surface area contributed by atoms with Crippen LogP contribution in [0.3, 0.4) is 0 Å². The van der Waals surface area contributed by atoms with Crippen LogP contribution in [0.4, 0.5) is 11.4 Å². The number of nitrogens with two attached hydrogens (primary N) is 1. The molecule has 0 unspecified atom stereocenters. The Morgan fingerprint density at radius 2 is 1.95 bits per heavy atom. The molecule has 0 aromatic heterocycles.